The quantitative estimate of drug-likeness (QED) is 0.129. The Morgan fingerprint density at radius 1 is 0.556 bits per heavy atom. The van der Waals surface area contributed by atoms with Crippen LogP contribution in [0.4, 0.5) is 0 Å². The summed E-state index contributed by atoms with van der Waals surface area (Å²) in [6.45, 7) is 5.97. The molecule has 0 aromatic rings. The molecule has 2 heteroatoms. The van der Waals surface area contributed by atoms with Gasteiger partial charge >= 0.3 is 0 Å². The molecule has 0 aliphatic heterocycles. The molecule has 0 aliphatic carbocycles. The van der Waals surface area contributed by atoms with Crippen molar-refractivity contribution in [3.8, 4) is 0 Å². The summed E-state index contributed by atoms with van der Waals surface area (Å²) in [7, 11) is 1.68. The Bertz CT molecular complexity index is 255. The van der Waals surface area contributed by atoms with Crippen LogP contribution < -0.4 is 0 Å². The molecule has 0 rings (SSSR count). The zero-order valence-corrected chi connectivity index (χ0v) is 19.2. The number of rotatable bonds is 23. The molecule has 2 nitrogen and oxygen atoms in total. The van der Waals surface area contributed by atoms with Crippen molar-refractivity contribution in [3.05, 3.63) is 0 Å². The van der Waals surface area contributed by atoms with Crippen molar-refractivity contribution < 1.29 is 9.47 Å². The van der Waals surface area contributed by atoms with Crippen LogP contribution in [0.5, 0.6) is 0 Å². The molecule has 0 unspecified atom stereocenters. The highest BCUT2D eigenvalue weighted by atomic mass is 16.7. The first kappa shape index (κ1) is 26.9. The van der Waals surface area contributed by atoms with Crippen molar-refractivity contribution in [1.82, 2.24) is 0 Å². The minimum absolute atomic E-state index is 0.438. The third kappa shape index (κ3) is 23.9. The van der Waals surface area contributed by atoms with Gasteiger partial charge in [-0.25, -0.2) is 0 Å². The van der Waals surface area contributed by atoms with E-state index in [-0.39, 0.29) is 0 Å². The molecule has 0 N–H and O–H groups in total. The monoisotopic (exact) mass is 384 g/mol. The lowest BCUT2D eigenvalue weighted by molar-refractivity contribution is -0.0322. The van der Waals surface area contributed by atoms with Crippen LogP contribution in [-0.4, -0.2) is 20.5 Å². The maximum absolute atomic E-state index is 5.35. The van der Waals surface area contributed by atoms with Gasteiger partial charge in [0.2, 0.25) is 0 Å². The molecule has 0 amide bonds. The van der Waals surface area contributed by atoms with E-state index in [0.29, 0.717) is 6.79 Å². The highest BCUT2D eigenvalue weighted by molar-refractivity contribution is 4.55. The minimum atomic E-state index is 0.438. The number of ether oxygens (including phenoxy) is 2. The smallest absolute Gasteiger partial charge is 0.146 e. The molecule has 0 heterocycles. The van der Waals surface area contributed by atoms with Crippen LogP contribution in [0.15, 0.2) is 0 Å². The maximum Gasteiger partial charge on any atom is 0.146 e. The Morgan fingerprint density at radius 3 is 1.41 bits per heavy atom. The second-order valence-corrected chi connectivity index (χ2v) is 8.65. The minimum Gasteiger partial charge on any atom is -0.359 e. The van der Waals surface area contributed by atoms with E-state index in [2.05, 4.69) is 13.8 Å². The van der Waals surface area contributed by atoms with Gasteiger partial charge in [-0.15, -0.1) is 0 Å². The fourth-order valence-electron chi connectivity index (χ4n) is 3.86. The Balaban J connectivity index is 3.08. The van der Waals surface area contributed by atoms with Gasteiger partial charge in [0.25, 0.3) is 0 Å². The van der Waals surface area contributed by atoms with Gasteiger partial charge in [-0.1, -0.05) is 123 Å². The fraction of sp³-hybridized carbons (Fsp3) is 1.00. The largest absolute Gasteiger partial charge is 0.359 e. The highest BCUT2D eigenvalue weighted by Crippen LogP contribution is 2.17. The average Bonchev–Trinajstić information content (AvgIpc) is 2.67. The van der Waals surface area contributed by atoms with Gasteiger partial charge in [0, 0.05) is 13.7 Å². The van der Waals surface area contributed by atoms with Gasteiger partial charge in [0.05, 0.1) is 0 Å². The molecule has 0 saturated heterocycles. The summed E-state index contributed by atoms with van der Waals surface area (Å²) in [5, 5.41) is 0. The van der Waals surface area contributed by atoms with Crippen molar-refractivity contribution >= 4 is 0 Å². The predicted molar refractivity (Wildman–Crippen MR) is 120 cm³/mol. The average molecular weight is 385 g/mol. The van der Waals surface area contributed by atoms with Crippen molar-refractivity contribution in [1.29, 1.82) is 0 Å². The van der Waals surface area contributed by atoms with Gasteiger partial charge in [-0.05, 0) is 18.8 Å². The Labute approximate surface area is 172 Å². The summed E-state index contributed by atoms with van der Waals surface area (Å²) in [6, 6.07) is 0. The van der Waals surface area contributed by atoms with E-state index < -0.39 is 0 Å². The van der Waals surface area contributed by atoms with Crippen LogP contribution in [0.1, 0.15) is 136 Å². The van der Waals surface area contributed by atoms with Gasteiger partial charge in [-0.2, -0.15) is 0 Å². The lowest BCUT2D eigenvalue weighted by atomic mass is 9.97. The van der Waals surface area contributed by atoms with Crippen LogP contribution in [-0.2, 0) is 9.47 Å². The van der Waals surface area contributed by atoms with E-state index in [1.165, 1.54) is 122 Å². The molecule has 0 aromatic heterocycles. The molecular formula is C25H52O2. The van der Waals surface area contributed by atoms with Crippen molar-refractivity contribution in [2.45, 2.75) is 136 Å². The molecule has 0 bridgehead atoms. The van der Waals surface area contributed by atoms with Crippen LogP contribution in [0.25, 0.3) is 0 Å². The molecule has 27 heavy (non-hydrogen) atoms. The van der Waals surface area contributed by atoms with Gasteiger partial charge in [0.15, 0.2) is 0 Å². The van der Waals surface area contributed by atoms with E-state index in [1.54, 1.807) is 7.11 Å². The fourth-order valence-corrected chi connectivity index (χ4v) is 3.86. The van der Waals surface area contributed by atoms with Gasteiger partial charge in [0.1, 0.15) is 6.79 Å². The predicted octanol–water partition coefficient (Wildman–Crippen LogP) is 8.67. The second kappa shape index (κ2) is 24.0. The molecule has 1 atom stereocenters. The molecular weight excluding hydrogens is 332 g/mol. The number of methoxy groups -OCH3 is 1. The van der Waals surface area contributed by atoms with E-state index in [9.17, 15) is 0 Å². The Hall–Kier alpha value is -0.0800. The molecule has 0 spiro atoms. The standard InChI is InChI=1S/C25H52O2/c1-4-5-6-7-8-9-10-11-12-13-14-15-16-17-18-19-21-25(2)22-20-23-27-24-26-3/h25H,4-24H2,1-3H3/t25-/m1/s1. The van der Waals surface area contributed by atoms with Crippen LogP contribution in [0, 0.1) is 5.92 Å². The normalized spacial score (nSPS) is 12.6. The molecule has 164 valence electrons. The molecule has 0 radical (unpaired) electrons. The summed E-state index contributed by atoms with van der Waals surface area (Å²) in [5.41, 5.74) is 0. The van der Waals surface area contributed by atoms with Crippen LogP contribution in [0.3, 0.4) is 0 Å². The second-order valence-electron chi connectivity index (χ2n) is 8.65. The number of hydrogen-bond donors (Lipinski definition) is 0. The van der Waals surface area contributed by atoms with E-state index in [4.69, 9.17) is 9.47 Å². The zero-order valence-electron chi connectivity index (χ0n) is 19.2. The van der Waals surface area contributed by atoms with Crippen molar-refractivity contribution in [2.24, 2.45) is 5.92 Å². The van der Waals surface area contributed by atoms with E-state index >= 15 is 0 Å². The Kier molecular flexibility index (Phi) is 23.9. The summed E-state index contributed by atoms with van der Waals surface area (Å²) >= 11 is 0. The lowest BCUT2D eigenvalue weighted by Crippen LogP contribution is -2.01. The molecule has 0 aliphatic rings. The van der Waals surface area contributed by atoms with Gasteiger partial charge in [-0.3, -0.25) is 0 Å². The SMILES string of the molecule is CCCCCCCCCCCCCCCCCC[C@@H](C)CCCOCOC. The summed E-state index contributed by atoms with van der Waals surface area (Å²) in [6.07, 6.45) is 27.1. The third-order valence-electron chi connectivity index (χ3n) is 5.74. The van der Waals surface area contributed by atoms with E-state index in [1.807, 2.05) is 0 Å². The third-order valence-corrected chi connectivity index (χ3v) is 5.74. The summed E-state index contributed by atoms with van der Waals surface area (Å²) in [5.74, 6) is 0.850. The summed E-state index contributed by atoms with van der Waals surface area (Å²) in [4.78, 5) is 0. The van der Waals surface area contributed by atoms with Gasteiger partial charge < -0.3 is 9.47 Å². The molecule has 0 fully saturated rings. The number of unbranched alkanes of at least 4 members (excludes halogenated alkanes) is 15. The number of hydrogen-bond acceptors (Lipinski definition) is 2. The van der Waals surface area contributed by atoms with Crippen molar-refractivity contribution in [3.63, 3.8) is 0 Å². The Morgan fingerprint density at radius 2 is 0.963 bits per heavy atom. The van der Waals surface area contributed by atoms with Crippen LogP contribution >= 0.6 is 0 Å². The zero-order chi connectivity index (χ0) is 19.8. The molecule has 0 saturated carbocycles. The topological polar surface area (TPSA) is 18.5 Å². The summed E-state index contributed by atoms with van der Waals surface area (Å²) < 4.78 is 10.2. The first-order chi connectivity index (χ1) is 13.3. The lowest BCUT2D eigenvalue weighted by Gasteiger charge is -2.11. The molecule has 0 aromatic carbocycles. The first-order valence-electron chi connectivity index (χ1n) is 12.4. The maximum atomic E-state index is 5.35. The van der Waals surface area contributed by atoms with Crippen molar-refractivity contribution in [2.75, 3.05) is 20.5 Å². The first-order valence-corrected chi connectivity index (χ1v) is 12.4. The highest BCUT2D eigenvalue weighted by Gasteiger charge is 2.02. The van der Waals surface area contributed by atoms with Crippen LogP contribution in [0.2, 0.25) is 0 Å². The van der Waals surface area contributed by atoms with E-state index in [0.717, 1.165) is 12.5 Å².